The number of rotatable bonds is 6. The van der Waals surface area contributed by atoms with Gasteiger partial charge in [-0.25, -0.2) is 4.79 Å². The number of ether oxygens (including phenoxy) is 2. The Morgan fingerprint density at radius 1 is 1.38 bits per heavy atom. The van der Waals surface area contributed by atoms with Crippen molar-refractivity contribution in [1.29, 1.82) is 0 Å². The van der Waals surface area contributed by atoms with Crippen LogP contribution in [0.4, 0.5) is 5.69 Å². The minimum atomic E-state index is -1.10. The molecule has 1 heterocycles. The predicted molar refractivity (Wildman–Crippen MR) is 77.8 cm³/mol. The average molecular weight is 288 g/mol. The number of nitrogen functional groups attached to an aromatic ring is 1. The first-order chi connectivity index (χ1) is 10.1. The zero-order chi connectivity index (χ0) is 15.2. The fourth-order valence-corrected chi connectivity index (χ4v) is 1.86. The first-order valence-corrected chi connectivity index (χ1v) is 6.34. The number of pyridine rings is 1. The minimum Gasteiger partial charge on any atom is -0.493 e. The summed E-state index contributed by atoms with van der Waals surface area (Å²) in [5, 5.41) is 9.07. The zero-order valence-electron chi connectivity index (χ0n) is 11.6. The molecule has 0 saturated heterocycles. The summed E-state index contributed by atoms with van der Waals surface area (Å²) < 4.78 is 10.8. The van der Waals surface area contributed by atoms with Gasteiger partial charge in [0.1, 0.15) is 0 Å². The highest BCUT2D eigenvalue weighted by molar-refractivity contribution is 5.94. The van der Waals surface area contributed by atoms with E-state index in [1.54, 1.807) is 12.4 Å². The number of aromatic nitrogens is 1. The van der Waals surface area contributed by atoms with Gasteiger partial charge in [-0.05, 0) is 11.6 Å². The molecule has 0 spiro atoms. The third-order valence-electron chi connectivity index (χ3n) is 2.94. The molecule has 6 nitrogen and oxygen atoms in total. The predicted octanol–water partition coefficient (Wildman–Crippen LogP) is 1.99. The average Bonchev–Trinajstić information content (AvgIpc) is 2.49. The Morgan fingerprint density at radius 2 is 2.19 bits per heavy atom. The van der Waals surface area contributed by atoms with Gasteiger partial charge in [0, 0.05) is 30.9 Å². The Kier molecular flexibility index (Phi) is 4.61. The lowest BCUT2D eigenvalue weighted by molar-refractivity contribution is 0.0697. The fourth-order valence-electron chi connectivity index (χ4n) is 1.86. The van der Waals surface area contributed by atoms with Crippen molar-refractivity contribution in [3.8, 4) is 11.5 Å². The molecule has 3 N–H and O–H groups in total. The number of carboxylic acid groups (broad SMARTS) is 1. The third-order valence-corrected chi connectivity index (χ3v) is 2.94. The van der Waals surface area contributed by atoms with E-state index < -0.39 is 5.97 Å². The van der Waals surface area contributed by atoms with Gasteiger partial charge >= 0.3 is 5.97 Å². The molecule has 0 radical (unpaired) electrons. The smallest absolute Gasteiger partial charge is 0.337 e. The van der Waals surface area contributed by atoms with Gasteiger partial charge < -0.3 is 20.3 Å². The molecule has 1 aromatic carbocycles. The number of anilines is 1. The summed E-state index contributed by atoms with van der Waals surface area (Å²) in [6.45, 7) is 0.380. The highest BCUT2D eigenvalue weighted by Crippen LogP contribution is 2.32. The van der Waals surface area contributed by atoms with Crippen molar-refractivity contribution in [1.82, 2.24) is 4.98 Å². The maximum atomic E-state index is 11.1. The first kappa shape index (κ1) is 14.6. The molecule has 0 aliphatic carbocycles. The second-order valence-corrected chi connectivity index (χ2v) is 4.36. The molecular formula is C15H16N2O4. The number of methoxy groups -OCH3 is 1. The van der Waals surface area contributed by atoms with Crippen LogP contribution < -0.4 is 15.2 Å². The second-order valence-electron chi connectivity index (χ2n) is 4.36. The summed E-state index contributed by atoms with van der Waals surface area (Å²) in [6.07, 6.45) is 4.11. The van der Waals surface area contributed by atoms with Crippen LogP contribution in [0.15, 0.2) is 36.7 Å². The maximum absolute atomic E-state index is 11.1. The molecule has 2 rings (SSSR count). The van der Waals surface area contributed by atoms with E-state index in [4.69, 9.17) is 20.3 Å². The fraction of sp³-hybridized carbons (Fsp3) is 0.200. The van der Waals surface area contributed by atoms with Gasteiger partial charge in [-0.15, -0.1) is 0 Å². The zero-order valence-corrected chi connectivity index (χ0v) is 11.6. The lowest BCUT2D eigenvalue weighted by Gasteiger charge is -2.13. The van der Waals surface area contributed by atoms with Crippen molar-refractivity contribution < 1.29 is 19.4 Å². The van der Waals surface area contributed by atoms with Gasteiger partial charge in [0.15, 0.2) is 11.5 Å². The van der Waals surface area contributed by atoms with Crippen LogP contribution in [0.5, 0.6) is 11.5 Å². The van der Waals surface area contributed by atoms with Gasteiger partial charge in [0.05, 0.1) is 25.0 Å². The van der Waals surface area contributed by atoms with Crippen molar-refractivity contribution in [3.63, 3.8) is 0 Å². The van der Waals surface area contributed by atoms with Crippen LogP contribution in [0.2, 0.25) is 0 Å². The number of carboxylic acids is 1. The van der Waals surface area contributed by atoms with Gasteiger partial charge in [-0.3, -0.25) is 4.98 Å². The second kappa shape index (κ2) is 6.60. The largest absolute Gasteiger partial charge is 0.493 e. The minimum absolute atomic E-state index is 0.00724. The molecule has 21 heavy (non-hydrogen) atoms. The lowest BCUT2D eigenvalue weighted by Crippen LogP contribution is -2.07. The van der Waals surface area contributed by atoms with Crippen LogP contribution in [-0.4, -0.2) is 29.8 Å². The Hall–Kier alpha value is -2.76. The Morgan fingerprint density at radius 3 is 2.81 bits per heavy atom. The van der Waals surface area contributed by atoms with E-state index in [1.165, 1.54) is 19.2 Å². The van der Waals surface area contributed by atoms with Crippen LogP contribution in [-0.2, 0) is 6.42 Å². The topological polar surface area (TPSA) is 94.7 Å². The number of nitrogens with zero attached hydrogens (tertiary/aromatic N) is 1. The van der Waals surface area contributed by atoms with E-state index in [2.05, 4.69) is 4.98 Å². The molecule has 0 atom stereocenters. The van der Waals surface area contributed by atoms with Gasteiger partial charge in [0.2, 0.25) is 0 Å². The standard InChI is InChI=1S/C15H16N2O4/c1-20-13-8-12(16)11(15(18)19)7-14(13)21-6-4-10-3-2-5-17-9-10/h2-3,5,7-9H,4,6,16H2,1H3,(H,18,19). The van der Waals surface area contributed by atoms with Crippen LogP contribution in [0.25, 0.3) is 0 Å². The van der Waals surface area contributed by atoms with E-state index in [0.717, 1.165) is 5.56 Å². The van der Waals surface area contributed by atoms with E-state index in [-0.39, 0.29) is 11.3 Å². The van der Waals surface area contributed by atoms with Crippen molar-refractivity contribution in [3.05, 3.63) is 47.8 Å². The number of aromatic carboxylic acids is 1. The normalized spacial score (nSPS) is 10.1. The molecule has 0 unspecified atom stereocenters. The van der Waals surface area contributed by atoms with E-state index in [9.17, 15) is 4.79 Å². The summed E-state index contributed by atoms with van der Waals surface area (Å²) in [6, 6.07) is 6.61. The Labute approximate surface area is 122 Å². The van der Waals surface area contributed by atoms with Gasteiger partial charge in [-0.1, -0.05) is 6.07 Å². The molecule has 0 saturated carbocycles. The van der Waals surface area contributed by atoms with E-state index >= 15 is 0 Å². The quantitative estimate of drug-likeness (QED) is 0.789. The van der Waals surface area contributed by atoms with Gasteiger partial charge in [-0.2, -0.15) is 0 Å². The molecule has 0 fully saturated rings. The van der Waals surface area contributed by atoms with Crippen molar-refractivity contribution in [2.75, 3.05) is 19.5 Å². The number of hydrogen-bond acceptors (Lipinski definition) is 5. The van der Waals surface area contributed by atoms with Crippen molar-refractivity contribution in [2.24, 2.45) is 0 Å². The SMILES string of the molecule is COc1cc(N)c(C(=O)O)cc1OCCc1cccnc1. The van der Waals surface area contributed by atoms with Crippen molar-refractivity contribution in [2.45, 2.75) is 6.42 Å². The first-order valence-electron chi connectivity index (χ1n) is 6.34. The van der Waals surface area contributed by atoms with Crippen LogP contribution in [0.3, 0.4) is 0 Å². The molecule has 0 amide bonds. The highest BCUT2D eigenvalue weighted by atomic mass is 16.5. The molecule has 0 bridgehead atoms. The third kappa shape index (κ3) is 3.62. The summed E-state index contributed by atoms with van der Waals surface area (Å²) in [4.78, 5) is 15.1. The van der Waals surface area contributed by atoms with Crippen LogP contribution in [0.1, 0.15) is 15.9 Å². The monoisotopic (exact) mass is 288 g/mol. The number of carbonyl (C=O) groups is 1. The summed E-state index contributed by atoms with van der Waals surface area (Å²) in [5.74, 6) is -0.344. The molecule has 0 aliphatic rings. The van der Waals surface area contributed by atoms with Crippen LogP contribution in [0, 0.1) is 0 Å². The Bertz CT molecular complexity index is 629. The van der Waals surface area contributed by atoms with E-state index in [1.807, 2.05) is 12.1 Å². The molecular weight excluding hydrogens is 272 g/mol. The molecule has 1 aromatic heterocycles. The number of hydrogen-bond donors (Lipinski definition) is 2. The summed E-state index contributed by atoms with van der Waals surface area (Å²) >= 11 is 0. The Balaban J connectivity index is 2.11. The van der Waals surface area contributed by atoms with E-state index in [0.29, 0.717) is 24.5 Å². The number of benzene rings is 1. The lowest BCUT2D eigenvalue weighted by atomic mass is 10.1. The molecule has 2 aromatic rings. The molecule has 110 valence electrons. The molecule has 0 aliphatic heterocycles. The van der Waals surface area contributed by atoms with Crippen molar-refractivity contribution >= 4 is 11.7 Å². The summed E-state index contributed by atoms with van der Waals surface area (Å²) in [7, 11) is 1.48. The summed E-state index contributed by atoms with van der Waals surface area (Å²) in [5.41, 5.74) is 6.83. The number of nitrogens with two attached hydrogens (primary N) is 1. The van der Waals surface area contributed by atoms with Gasteiger partial charge in [0.25, 0.3) is 0 Å². The molecule has 6 heteroatoms. The maximum Gasteiger partial charge on any atom is 0.337 e. The highest BCUT2D eigenvalue weighted by Gasteiger charge is 2.14. The van der Waals surface area contributed by atoms with Crippen LogP contribution >= 0.6 is 0 Å².